The smallest absolute Gasteiger partial charge is 0.289 e. The first-order chi connectivity index (χ1) is 9.75. The molecule has 22 heavy (non-hydrogen) atoms. The summed E-state index contributed by atoms with van der Waals surface area (Å²) in [4.78, 5) is 10.3. The third kappa shape index (κ3) is 3.40. The Balaban J connectivity index is 0.00000242. The van der Waals surface area contributed by atoms with E-state index >= 15 is 0 Å². The van der Waals surface area contributed by atoms with Crippen LogP contribution in [0.25, 0.3) is 0 Å². The molecule has 1 heterocycles. The second-order valence-corrected chi connectivity index (χ2v) is 7.30. The number of nitrogens with zero attached hydrogens (tertiary/aromatic N) is 2. The highest BCUT2D eigenvalue weighted by molar-refractivity contribution is 7.89. The van der Waals surface area contributed by atoms with Crippen LogP contribution in [-0.4, -0.2) is 43.8 Å². The van der Waals surface area contributed by atoms with Gasteiger partial charge in [-0.3, -0.25) is 10.1 Å². The molecule has 1 atom stereocenters. The average Bonchev–Trinajstić information content (AvgIpc) is 2.93. The van der Waals surface area contributed by atoms with Gasteiger partial charge in [-0.25, -0.2) is 8.42 Å². The molecule has 1 aromatic carbocycles. The zero-order valence-electron chi connectivity index (χ0n) is 12.7. The van der Waals surface area contributed by atoms with Gasteiger partial charge < -0.3 is 5.32 Å². The second kappa shape index (κ2) is 6.91. The summed E-state index contributed by atoms with van der Waals surface area (Å²) in [5, 5.41) is 14.3. The molecule has 124 valence electrons. The number of likely N-dealkylation sites (N-methyl/N-ethyl adjacent to an activating group) is 1. The van der Waals surface area contributed by atoms with Crippen molar-refractivity contribution in [2.75, 3.05) is 20.1 Å². The van der Waals surface area contributed by atoms with E-state index in [4.69, 9.17) is 0 Å². The monoisotopic (exact) mass is 349 g/mol. The minimum absolute atomic E-state index is 0. The molecular formula is C13H20ClN3O4S. The quantitative estimate of drug-likeness (QED) is 0.658. The summed E-state index contributed by atoms with van der Waals surface area (Å²) in [6.07, 6.45) is 0.703. The maximum atomic E-state index is 12.7. The first-order valence-corrected chi connectivity index (χ1v) is 8.13. The molecule has 1 aliphatic rings. The maximum Gasteiger partial charge on any atom is 0.289 e. The Bertz CT molecular complexity index is 672. The Kier molecular flexibility index (Phi) is 5.91. The minimum Gasteiger partial charge on any atom is -0.315 e. The van der Waals surface area contributed by atoms with Crippen molar-refractivity contribution >= 4 is 28.1 Å². The molecule has 0 bridgehead atoms. The summed E-state index contributed by atoms with van der Waals surface area (Å²) in [5.41, 5.74) is 1.05. The van der Waals surface area contributed by atoms with E-state index < -0.39 is 14.9 Å². The van der Waals surface area contributed by atoms with Crippen LogP contribution in [0.1, 0.15) is 17.5 Å². The van der Waals surface area contributed by atoms with Crippen LogP contribution in [-0.2, 0) is 10.0 Å². The van der Waals surface area contributed by atoms with Crippen molar-refractivity contribution in [3.63, 3.8) is 0 Å². The van der Waals surface area contributed by atoms with Gasteiger partial charge in [-0.15, -0.1) is 12.4 Å². The SMILES string of the molecule is Cc1cc([N+](=O)[O-])c(S(=O)(=O)N(C)C2CCNC2)cc1C.Cl. The lowest BCUT2D eigenvalue weighted by atomic mass is 10.1. The predicted octanol–water partition coefficient (Wildman–Crippen LogP) is 1.62. The Labute approximate surface area is 136 Å². The number of nitro benzene ring substituents is 1. The number of halogens is 1. The Hall–Kier alpha value is -1.22. The number of nitro groups is 1. The van der Waals surface area contributed by atoms with Crippen molar-refractivity contribution in [2.24, 2.45) is 0 Å². The van der Waals surface area contributed by atoms with Gasteiger partial charge in [0.05, 0.1) is 4.92 Å². The largest absolute Gasteiger partial charge is 0.315 e. The molecule has 1 N–H and O–H groups in total. The zero-order valence-corrected chi connectivity index (χ0v) is 14.3. The number of nitrogens with one attached hydrogen (secondary N) is 1. The van der Waals surface area contributed by atoms with Crippen molar-refractivity contribution in [1.29, 1.82) is 0 Å². The van der Waals surface area contributed by atoms with Gasteiger partial charge >= 0.3 is 0 Å². The lowest BCUT2D eigenvalue weighted by Gasteiger charge is -2.23. The van der Waals surface area contributed by atoms with E-state index in [0.717, 1.165) is 12.1 Å². The van der Waals surface area contributed by atoms with Gasteiger partial charge in [0.2, 0.25) is 10.0 Å². The van der Waals surface area contributed by atoms with Gasteiger partial charge in [-0.1, -0.05) is 0 Å². The molecule has 1 unspecified atom stereocenters. The van der Waals surface area contributed by atoms with Gasteiger partial charge in [0, 0.05) is 25.7 Å². The fourth-order valence-electron chi connectivity index (χ4n) is 2.42. The molecular weight excluding hydrogens is 330 g/mol. The van der Waals surface area contributed by atoms with Crippen LogP contribution < -0.4 is 5.32 Å². The van der Waals surface area contributed by atoms with Crippen LogP contribution in [0.2, 0.25) is 0 Å². The van der Waals surface area contributed by atoms with Crippen molar-refractivity contribution < 1.29 is 13.3 Å². The van der Waals surface area contributed by atoms with E-state index in [1.807, 2.05) is 0 Å². The molecule has 0 radical (unpaired) electrons. The highest BCUT2D eigenvalue weighted by atomic mass is 35.5. The molecule has 9 heteroatoms. The fourth-order valence-corrected chi connectivity index (χ4v) is 4.03. The molecule has 1 aliphatic heterocycles. The highest BCUT2D eigenvalue weighted by Gasteiger charge is 2.35. The van der Waals surface area contributed by atoms with Crippen LogP contribution in [0.5, 0.6) is 0 Å². The van der Waals surface area contributed by atoms with E-state index in [0.29, 0.717) is 18.5 Å². The van der Waals surface area contributed by atoms with E-state index in [1.165, 1.54) is 23.5 Å². The van der Waals surface area contributed by atoms with Crippen LogP contribution in [0.4, 0.5) is 5.69 Å². The number of hydrogen-bond donors (Lipinski definition) is 1. The number of benzene rings is 1. The van der Waals surface area contributed by atoms with E-state index in [-0.39, 0.29) is 29.0 Å². The molecule has 0 saturated carbocycles. The first-order valence-electron chi connectivity index (χ1n) is 6.69. The average molecular weight is 350 g/mol. The van der Waals surface area contributed by atoms with Gasteiger partial charge in [-0.05, 0) is 44.0 Å². The van der Waals surface area contributed by atoms with Crippen LogP contribution >= 0.6 is 12.4 Å². The standard InChI is InChI=1S/C13H19N3O4S.ClH/c1-9-6-12(16(17)18)13(7-10(9)2)21(19,20)15(3)11-4-5-14-8-11;/h6-7,11,14H,4-5,8H2,1-3H3;1H. The van der Waals surface area contributed by atoms with E-state index in [1.54, 1.807) is 13.8 Å². The normalized spacial score (nSPS) is 18.3. The summed E-state index contributed by atoms with van der Waals surface area (Å²) in [6, 6.07) is 2.54. The summed E-state index contributed by atoms with van der Waals surface area (Å²) >= 11 is 0. The molecule has 7 nitrogen and oxygen atoms in total. The third-order valence-electron chi connectivity index (χ3n) is 3.98. The molecule has 1 fully saturated rings. The molecule has 0 aliphatic carbocycles. The maximum absolute atomic E-state index is 12.7. The van der Waals surface area contributed by atoms with Crippen molar-refractivity contribution in [1.82, 2.24) is 9.62 Å². The lowest BCUT2D eigenvalue weighted by molar-refractivity contribution is -0.387. The van der Waals surface area contributed by atoms with E-state index in [9.17, 15) is 18.5 Å². The fraction of sp³-hybridized carbons (Fsp3) is 0.538. The minimum atomic E-state index is -3.89. The molecule has 2 rings (SSSR count). The summed E-state index contributed by atoms with van der Waals surface area (Å²) in [7, 11) is -2.41. The molecule has 1 aromatic rings. The molecule has 0 amide bonds. The van der Waals surface area contributed by atoms with Gasteiger partial charge in [0.15, 0.2) is 4.90 Å². The van der Waals surface area contributed by atoms with Gasteiger partial charge in [0.25, 0.3) is 5.69 Å². The summed E-state index contributed by atoms with van der Waals surface area (Å²) < 4.78 is 26.6. The summed E-state index contributed by atoms with van der Waals surface area (Å²) in [5.74, 6) is 0. The Morgan fingerprint density at radius 1 is 1.32 bits per heavy atom. The van der Waals surface area contributed by atoms with E-state index in [2.05, 4.69) is 5.32 Å². The zero-order chi connectivity index (χ0) is 15.8. The number of hydrogen-bond acceptors (Lipinski definition) is 5. The summed E-state index contributed by atoms with van der Waals surface area (Å²) in [6.45, 7) is 4.78. The lowest BCUT2D eigenvalue weighted by Crippen LogP contribution is -2.38. The number of aryl methyl sites for hydroxylation is 2. The van der Waals surface area contributed by atoms with Gasteiger partial charge in [0.1, 0.15) is 0 Å². The first kappa shape index (κ1) is 18.8. The van der Waals surface area contributed by atoms with Crippen LogP contribution in [0.3, 0.4) is 0 Å². The van der Waals surface area contributed by atoms with Crippen LogP contribution in [0.15, 0.2) is 17.0 Å². The van der Waals surface area contributed by atoms with Crippen LogP contribution in [0, 0.1) is 24.0 Å². The second-order valence-electron chi connectivity index (χ2n) is 5.33. The Morgan fingerprint density at radius 3 is 2.41 bits per heavy atom. The molecule has 0 aromatic heterocycles. The highest BCUT2D eigenvalue weighted by Crippen LogP contribution is 2.30. The predicted molar refractivity (Wildman–Crippen MR) is 86.0 cm³/mol. The molecule has 1 saturated heterocycles. The van der Waals surface area contributed by atoms with Crippen molar-refractivity contribution in [2.45, 2.75) is 31.2 Å². The third-order valence-corrected chi connectivity index (χ3v) is 5.92. The Morgan fingerprint density at radius 2 is 1.91 bits per heavy atom. The molecule has 0 spiro atoms. The van der Waals surface area contributed by atoms with Crippen molar-refractivity contribution in [3.05, 3.63) is 33.4 Å². The number of sulfonamides is 1. The van der Waals surface area contributed by atoms with Gasteiger partial charge in [-0.2, -0.15) is 4.31 Å². The van der Waals surface area contributed by atoms with Crippen molar-refractivity contribution in [3.8, 4) is 0 Å². The number of rotatable bonds is 4. The topological polar surface area (TPSA) is 92.5 Å².